The van der Waals surface area contributed by atoms with E-state index in [1.165, 1.54) is 6.07 Å². The number of aryl methyl sites for hydroxylation is 1. The van der Waals surface area contributed by atoms with Crippen molar-refractivity contribution in [3.05, 3.63) is 45.5 Å². The van der Waals surface area contributed by atoms with E-state index in [0.717, 1.165) is 5.56 Å². The zero-order chi connectivity index (χ0) is 10.6. The molecule has 0 saturated heterocycles. The lowest BCUT2D eigenvalue weighted by Crippen LogP contribution is -1.91. The van der Waals surface area contributed by atoms with E-state index in [9.17, 15) is 10.1 Å². The molecule has 14 heavy (non-hydrogen) atoms. The van der Waals surface area contributed by atoms with Crippen molar-refractivity contribution in [3.8, 4) is 0 Å². The number of nitrogens with zero attached hydrogens (tertiary/aromatic N) is 1. The molecule has 0 aliphatic carbocycles. The molecule has 74 valence electrons. The summed E-state index contributed by atoms with van der Waals surface area (Å²) in [5.41, 5.74) is 1.81. The Morgan fingerprint density at radius 2 is 2.29 bits per heavy atom. The molecule has 0 heterocycles. The van der Waals surface area contributed by atoms with Crippen molar-refractivity contribution in [3.63, 3.8) is 0 Å². The molecule has 0 bridgehead atoms. The molecular weight excluding hydrogens is 246 g/mol. The van der Waals surface area contributed by atoms with Gasteiger partial charge >= 0.3 is 0 Å². The van der Waals surface area contributed by atoms with Crippen molar-refractivity contribution in [2.75, 3.05) is 5.33 Å². The van der Waals surface area contributed by atoms with Crippen LogP contribution in [0.25, 0.3) is 6.08 Å². The third-order valence-electron chi connectivity index (χ3n) is 1.77. The van der Waals surface area contributed by atoms with Gasteiger partial charge in [0.2, 0.25) is 0 Å². The van der Waals surface area contributed by atoms with Crippen molar-refractivity contribution in [2.45, 2.75) is 6.92 Å². The van der Waals surface area contributed by atoms with Gasteiger partial charge in [0.25, 0.3) is 5.69 Å². The Kier molecular flexibility index (Phi) is 3.83. The zero-order valence-electron chi connectivity index (χ0n) is 7.74. The second kappa shape index (κ2) is 4.91. The third-order valence-corrected chi connectivity index (χ3v) is 2.14. The molecule has 0 aliphatic rings. The Hall–Kier alpha value is -1.16. The molecule has 3 nitrogen and oxygen atoms in total. The predicted molar refractivity (Wildman–Crippen MR) is 60.7 cm³/mol. The summed E-state index contributed by atoms with van der Waals surface area (Å²) < 4.78 is 0. The van der Waals surface area contributed by atoms with E-state index < -0.39 is 0 Å². The highest BCUT2D eigenvalue weighted by molar-refractivity contribution is 9.09. The fourth-order valence-electron chi connectivity index (χ4n) is 1.15. The summed E-state index contributed by atoms with van der Waals surface area (Å²) in [6.45, 7) is 1.91. The average Bonchev–Trinajstić information content (AvgIpc) is 2.14. The smallest absolute Gasteiger partial charge is 0.258 e. The molecule has 0 amide bonds. The van der Waals surface area contributed by atoms with Crippen molar-refractivity contribution in [1.29, 1.82) is 0 Å². The third kappa shape index (κ3) is 2.67. The molecule has 1 aromatic carbocycles. The van der Waals surface area contributed by atoms with E-state index in [-0.39, 0.29) is 10.6 Å². The van der Waals surface area contributed by atoms with Gasteiger partial charge in [-0.3, -0.25) is 10.1 Å². The Labute approximate surface area is 90.7 Å². The first kappa shape index (κ1) is 10.9. The van der Waals surface area contributed by atoms with Crippen molar-refractivity contribution in [2.24, 2.45) is 0 Å². The summed E-state index contributed by atoms with van der Waals surface area (Å²) in [5.74, 6) is 0. The standard InChI is InChI=1S/C10H10BrNO2/c1-8-4-5-10(12(13)14)9(7-8)3-2-6-11/h2-5,7H,6H2,1H3. The first-order valence-corrected chi connectivity index (χ1v) is 5.25. The van der Waals surface area contributed by atoms with Crippen LogP contribution in [-0.2, 0) is 0 Å². The summed E-state index contributed by atoms with van der Waals surface area (Å²) in [4.78, 5) is 10.3. The maximum absolute atomic E-state index is 10.7. The van der Waals surface area contributed by atoms with Crippen LogP contribution in [0.1, 0.15) is 11.1 Å². The first-order valence-electron chi connectivity index (χ1n) is 4.12. The normalized spacial score (nSPS) is 10.7. The molecule has 1 rings (SSSR count). The number of halogens is 1. The number of alkyl halides is 1. The van der Waals surface area contributed by atoms with Crippen molar-refractivity contribution < 1.29 is 4.92 Å². The lowest BCUT2D eigenvalue weighted by atomic mass is 10.1. The highest BCUT2D eigenvalue weighted by Gasteiger charge is 2.10. The molecule has 0 saturated carbocycles. The van der Waals surface area contributed by atoms with Gasteiger partial charge in [0.05, 0.1) is 10.5 Å². The number of rotatable bonds is 3. The highest BCUT2D eigenvalue weighted by atomic mass is 79.9. The minimum absolute atomic E-state index is 0.146. The summed E-state index contributed by atoms with van der Waals surface area (Å²) in [7, 11) is 0. The van der Waals surface area contributed by atoms with Crippen molar-refractivity contribution >= 4 is 27.7 Å². The van der Waals surface area contributed by atoms with Gasteiger partial charge in [0.1, 0.15) is 0 Å². The van der Waals surface area contributed by atoms with Crippen LogP contribution in [0.2, 0.25) is 0 Å². The molecule has 0 N–H and O–H groups in total. The van der Waals surface area contributed by atoms with Crippen LogP contribution in [0.3, 0.4) is 0 Å². The van der Waals surface area contributed by atoms with Gasteiger partial charge in [-0.1, -0.05) is 39.7 Å². The van der Waals surface area contributed by atoms with Crippen LogP contribution in [0.15, 0.2) is 24.3 Å². The maximum atomic E-state index is 10.7. The van der Waals surface area contributed by atoms with Gasteiger partial charge in [-0.25, -0.2) is 0 Å². The summed E-state index contributed by atoms with van der Waals surface area (Å²) in [6.07, 6.45) is 3.58. The molecule has 0 fully saturated rings. The molecule has 0 aliphatic heterocycles. The first-order chi connectivity index (χ1) is 6.65. The largest absolute Gasteiger partial charge is 0.276 e. The summed E-state index contributed by atoms with van der Waals surface area (Å²) >= 11 is 3.23. The average molecular weight is 256 g/mol. The van der Waals surface area contributed by atoms with Crippen LogP contribution in [0.5, 0.6) is 0 Å². The van der Waals surface area contributed by atoms with Crippen LogP contribution in [-0.4, -0.2) is 10.3 Å². The molecule has 0 atom stereocenters. The van der Waals surface area contributed by atoms with E-state index in [1.54, 1.807) is 18.2 Å². The quantitative estimate of drug-likeness (QED) is 0.473. The number of allylic oxidation sites excluding steroid dienone is 1. The van der Waals surface area contributed by atoms with E-state index in [2.05, 4.69) is 15.9 Å². The van der Waals surface area contributed by atoms with Crippen LogP contribution < -0.4 is 0 Å². The SMILES string of the molecule is Cc1ccc([N+](=O)[O-])c(C=CCBr)c1. The lowest BCUT2D eigenvalue weighted by molar-refractivity contribution is -0.385. The molecule has 0 radical (unpaired) electrons. The summed E-state index contributed by atoms with van der Waals surface area (Å²) in [5, 5.41) is 11.3. The zero-order valence-corrected chi connectivity index (χ0v) is 9.32. The van der Waals surface area contributed by atoms with Crippen LogP contribution in [0, 0.1) is 17.0 Å². The van der Waals surface area contributed by atoms with E-state index >= 15 is 0 Å². The highest BCUT2D eigenvalue weighted by Crippen LogP contribution is 2.21. The van der Waals surface area contributed by atoms with Crippen LogP contribution >= 0.6 is 15.9 Å². The van der Waals surface area contributed by atoms with Crippen molar-refractivity contribution in [1.82, 2.24) is 0 Å². The van der Waals surface area contributed by atoms with E-state index in [0.29, 0.717) is 10.9 Å². The fraction of sp³-hybridized carbons (Fsp3) is 0.200. The second-order valence-electron chi connectivity index (χ2n) is 2.88. The van der Waals surface area contributed by atoms with E-state index in [4.69, 9.17) is 0 Å². The monoisotopic (exact) mass is 255 g/mol. The predicted octanol–water partition coefficient (Wildman–Crippen LogP) is 3.31. The molecule has 4 heteroatoms. The molecule has 0 spiro atoms. The molecule has 0 unspecified atom stereocenters. The minimum Gasteiger partial charge on any atom is -0.258 e. The van der Waals surface area contributed by atoms with Gasteiger partial charge in [0, 0.05) is 11.4 Å². The lowest BCUT2D eigenvalue weighted by Gasteiger charge is -1.98. The second-order valence-corrected chi connectivity index (χ2v) is 3.52. The Bertz CT molecular complexity index is 374. The molecule has 1 aromatic rings. The van der Waals surface area contributed by atoms with Gasteiger partial charge in [-0.15, -0.1) is 0 Å². The van der Waals surface area contributed by atoms with E-state index in [1.807, 2.05) is 13.0 Å². The Morgan fingerprint density at radius 1 is 1.57 bits per heavy atom. The van der Waals surface area contributed by atoms with Gasteiger partial charge in [-0.2, -0.15) is 0 Å². The fourth-order valence-corrected chi connectivity index (χ4v) is 1.33. The van der Waals surface area contributed by atoms with Gasteiger partial charge in [-0.05, 0) is 13.0 Å². The maximum Gasteiger partial charge on any atom is 0.276 e. The molecular formula is C10H10BrNO2. The van der Waals surface area contributed by atoms with Gasteiger partial charge in [0.15, 0.2) is 0 Å². The Balaban J connectivity index is 3.15. The Morgan fingerprint density at radius 3 is 2.86 bits per heavy atom. The molecule has 0 aromatic heterocycles. The topological polar surface area (TPSA) is 43.1 Å². The number of benzene rings is 1. The minimum atomic E-state index is -0.368. The van der Waals surface area contributed by atoms with Gasteiger partial charge < -0.3 is 0 Å². The van der Waals surface area contributed by atoms with Crippen LogP contribution in [0.4, 0.5) is 5.69 Å². The number of nitro groups is 1. The number of hydrogen-bond acceptors (Lipinski definition) is 2. The number of hydrogen-bond donors (Lipinski definition) is 0. The number of nitro benzene ring substituents is 1. The summed E-state index contributed by atoms with van der Waals surface area (Å²) in [6, 6.07) is 5.07.